The second-order valence-corrected chi connectivity index (χ2v) is 12.3. The monoisotopic (exact) mass is 634 g/mol. The first-order valence-corrected chi connectivity index (χ1v) is 15.0. The standard InChI is InChI=1S/C31H50N6O8/c1-20(2)26(36-25(39)14-15-31(4,5)6)28(41)35-24(9-8-16-33-29(32)42)27(40)34-23-12-10-22(11-13-23)19-45-30(43)37(7)17-18-44-21(3)38/h10-13,20,24,26H,8-9,14-19H2,1-7H3,(H,34,40)(H,35,41)(H,36,39)(H3,32,33,42)/t24-,26-/m0/s1. The summed E-state index contributed by atoms with van der Waals surface area (Å²) in [4.78, 5) is 74.5. The molecule has 0 radical (unpaired) electrons. The Balaban J connectivity index is 2.85. The zero-order valence-electron chi connectivity index (χ0n) is 27.5. The van der Waals surface area contributed by atoms with Gasteiger partial charge in [-0.05, 0) is 48.3 Å². The van der Waals surface area contributed by atoms with Gasteiger partial charge in [-0.25, -0.2) is 9.59 Å². The smallest absolute Gasteiger partial charge is 0.409 e. The maximum atomic E-state index is 13.3. The normalized spacial score (nSPS) is 12.4. The van der Waals surface area contributed by atoms with E-state index in [1.165, 1.54) is 18.9 Å². The highest BCUT2D eigenvalue weighted by atomic mass is 16.6. The van der Waals surface area contributed by atoms with E-state index in [2.05, 4.69) is 21.3 Å². The van der Waals surface area contributed by atoms with Crippen LogP contribution in [0.5, 0.6) is 0 Å². The van der Waals surface area contributed by atoms with E-state index in [0.29, 0.717) is 24.1 Å². The lowest BCUT2D eigenvalue weighted by atomic mass is 9.90. The Labute approximate surface area is 265 Å². The number of urea groups is 1. The van der Waals surface area contributed by atoms with Crippen molar-refractivity contribution in [2.24, 2.45) is 17.1 Å². The van der Waals surface area contributed by atoms with Crippen molar-refractivity contribution in [1.29, 1.82) is 0 Å². The highest BCUT2D eigenvalue weighted by molar-refractivity contribution is 5.98. The lowest BCUT2D eigenvalue weighted by Crippen LogP contribution is -2.54. The molecule has 1 rings (SSSR count). The Morgan fingerprint density at radius 2 is 1.60 bits per heavy atom. The average molecular weight is 635 g/mol. The Bertz CT molecular complexity index is 1150. The van der Waals surface area contributed by atoms with Gasteiger partial charge in [-0.1, -0.05) is 46.8 Å². The summed E-state index contributed by atoms with van der Waals surface area (Å²) < 4.78 is 10.1. The van der Waals surface area contributed by atoms with Crippen LogP contribution in [0.4, 0.5) is 15.3 Å². The van der Waals surface area contributed by atoms with E-state index in [9.17, 15) is 28.8 Å². The van der Waals surface area contributed by atoms with Crippen LogP contribution in [0.1, 0.15) is 72.8 Å². The first kappa shape index (κ1) is 38.7. The average Bonchev–Trinajstić information content (AvgIpc) is 2.94. The number of nitrogens with zero attached hydrogens (tertiary/aromatic N) is 1. The molecule has 14 heteroatoms. The number of amides is 6. The molecular formula is C31H50N6O8. The molecule has 6 amide bonds. The second kappa shape index (κ2) is 19.1. The van der Waals surface area contributed by atoms with Crippen LogP contribution >= 0.6 is 0 Å². The van der Waals surface area contributed by atoms with E-state index in [0.717, 1.165) is 0 Å². The third-order valence-electron chi connectivity index (χ3n) is 6.60. The molecular weight excluding hydrogens is 584 g/mol. The van der Waals surface area contributed by atoms with Gasteiger partial charge in [0.2, 0.25) is 17.7 Å². The number of benzene rings is 1. The number of rotatable bonds is 17. The fraction of sp³-hybridized carbons (Fsp3) is 0.613. The largest absolute Gasteiger partial charge is 0.464 e. The number of hydrogen-bond donors (Lipinski definition) is 5. The van der Waals surface area contributed by atoms with Crippen molar-refractivity contribution in [3.63, 3.8) is 0 Å². The number of hydrogen-bond acceptors (Lipinski definition) is 8. The number of nitrogens with one attached hydrogen (secondary N) is 4. The highest BCUT2D eigenvalue weighted by Gasteiger charge is 2.29. The summed E-state index contributed by atoms with van der Waals surface area (Å²) in [6.07, 6.45) is 0.878. The van der Waals surface area contributed by atoms with E-state index < -0.39 is 42.0 Å². The van der Waals surface area contributed by atoms with Gasteiger partial charge in [0.25, 0.3) is 0 Å². The number of carbonyl (C=O) groups is 6. The van der Waals surface area contributed by atoms with Crippen LogP contribution in [-0.4, -0.2) is 79.5 Å². The highest BCUT2D eigenvalue weighted by Crippen LogP contribution is 2.20. The van der Waals surface area contributed by atoms with Crippen molar-refractivity contribution < 1.29 is 38.2 Å². The molecule has 1 aromatic rings. The third-order valence-corrected chi connectivity index (χ3v) is 6.60. The summed E-state index contributed by atoms with van der Waals surface area (Å²) in [5.41, 5.74) is 6.20. The molecule has 2 atom stereocenters. The summed E-state index contributed by atoms with van der Waals surface area (Å²) in [5.74, 6) is -1.90. The molecule has 0 aromatic heterocycles. The molecule has 0 unspecified atom stereocenters. The summed E-state index contributed by atoms with van der Waals surface area (Å²) in [6.45, 7) is 11.4. The van der Waals surface area contributed by atoms with Crippen LogP contribution in [0.15, 0.2) is 24.3 Å². The molecule has 0 fully saturated rings. The predicted molar refractivity (Wildman–Crippen MR) is 169 cm³/mol. The molecule has 0 saturated heterocycles. The van der Waals surface area contributed by atoms with Crippen LogP contribution in [0.2, 0.25) is 0 Å². The van der Waals surface area contributed by atoms with Crippen molar-refractivity contribution in [3.05, 3.63) is 29.8 Å². The minimum Gasteiger partial charge on any atom is -0.464 e. The Kier molecular flexibility index (Phi) is 16.4. The van der Waals surface area contributed by atoms with Crippen molar-refractivity contribution in [1.82, 2.24) is 20.9 Å². The topological polar surface area (TPSA) is 198 Å². The minimum atomic E-state index is -0.969. The molecule has 252 valence electrons. The minimum absolute atomic E-state index is 0.0193. The second-order valence-electron chi connectivity index (χ2n) is 12.3. The third kappa shape index (κ3) is 16.9. The van der Waals surface area contributed by atoms with Gasteiger partial charge < -0.3 is 41.4 Å². The molecule has 0 heterocycles. The maximum absolute atomic E-state index is 13.3. The molecule has 0 saturated carbocycles. The molecule has 6 N–H and O–H groups in total. The fourth-order valence-electron chi connectivity index (χ4n) is 3.90. The first-order valence-electron chi connectivity index (χ1n) is 15.0. The summed E-state index contributed by atoms with van der Waals surface area (Å²) in [7, 11) is 1.52. The lowest BCUT2D eigenvalue weighted by Gasteiger charge is -2.26. The van der Waals surface area contributed by atoms with Gasteiger partial charge in [0.15, 0.2) is 0 Å². The molecule has 0 aliphatic heterocycles. The van der Waals surface area contributed by atoms with Crippen LogP contribution in [-0.2, 0) is 35.3 Å². The van der Waals surface area contributed by atoms with Crippen molar-refractivity contribution in [3.8, 4) is 0 Å². The van der Waals surface area contributed by atoms with E-state index in [4.69, 9.17) is 15.2 Å². The summed E-state index contributed by atoms with van der Waals surface area (Å²) >= 11 is 0. The quantitative estimate of drug-likeness (QED) is 0.127. The lowest BCUT2D eigenvalue weighted by molar-refractivity contribution is -0.141. The number of carbonyl (C=O) groups excluding carboxylic acids is 6. The number of primary amides is 1. The molecule has 0 aliphatic rings. The van der Waals surface area contributed by atoms with Gasteiger partial charge in [0.1, 0.15) is 25.3 Å². The van der Waals surface area contributed by atoms with Gasteiger partial charge >= 0.3 is 18.1 Å². The van der Waals surface area contributed by atoms with Crippen molar-refractivity contribution in [2.45, 2.75) is 85.9 Å². The Hall–Kier alpha value is -4.36. The van der Waals surface area contributed by atoms with Gasteiger partial charge in [-0.2, -0.15) is 0 Å². The molecule has 0 spiro atoms. The van der Waals surface area contributed by atoms with E-state index >= 15 is 0 Å². The fourth-order valence-corrected chi connectivity index (χ4v) is 3.90. The zero-order valence-corrected chi connectivity index (χ0v) is 27.5. The molecule has 1 aromatic carbocycles. The number of nitrogens with two attached hydrogens (primary N) is 1. The van der Waals surface area contributed by atoms with E-state index in [-0.39, 0.29) is 56.4 Å². The molecule has 45 heavy (non-hydrogen) atoms. The van der Waals surface area contributed by atoms with Crippen LogP contribution in [0.25, 0.3) is 0 Å². The molecule has 0 bridgehead atoms. The maximum Gasteiger partial charge on any atom is 0.409 e. The predicted octanol–water partition coefficient (Wildman–Crippen LogP) is 2.66. The molecule has 0 aliphatic carbocycles. The van der Waals surface area contributed by atoms with E-state index in [1.807, 2.05) is 20.8 Å². The van der Waals surface area contributed by atoms with Crippen molar-refractivity contribution in [2.75, 3.05) is 32.1 Å². The summed E-state index contributed by atoms with van der Waals surface area (Å²) in [6, 6.07) is 4.10. The number of likely N-dealkylation sites (N-methyl/N-ethyl adjacent to an activating group) is 1. The zero-order chi connectivity index (χ0) is 34.2. The number of ether oxygens (including phenoxy) is 2. The number of anilines is 1. The first-order chi connectivity index (χ1) is 21.0. The Morgan fingerprint density at radius 1 is 0.956 bits per heavy atom. The Morgan fingerprint density at radius 3 is 2.16 bits per heavy atom. The number of esters is 1. The van der Waals surface area contributed by atoms with Crippen LogP contribution < -0.4 is 27.0 Å². The van der Waals surface area contributed by atoms with E-state index in [1.54, 1.807) is 38.1 Å². The van der Waals surface area contributed by atoms with Gasteiger partial charge in [-0.15, -0.1) is 0 Å². The molecule has 14 nitrogen and oxygen atoms in total. The van der Waals surface area contributed by atoms with Crippen molar-refractivity contribution >= 4 is 41.5 Å². The van der Waals surface area contributed by atoms with Crippen LogP contribution in [0.3, 0.4) is 0 Å². The van der Waals surface area contributed by atoms with Crippen LogP contribution in [0, 0.1) is 11.3 Å². The van der Waals surface area contributed by atoms with Gasteiger partial charge in [0.05, 0.1) is 6.54 Å². The van der Waals surface area contributed by atoms with Gasteiger partial charge in [0, 0.05) is 32.6 Å². The van der Waals surface area contributed by atoms with Gasteiger partial charge in [-0.3, -0.25) is 19.2 Å². The SMILES string of the molecule is CC(=O)OCCN(C)C(=O)OCc1ccc(NC(=O)[C@H](CCCNC(N)=O)NC(=O)[C@@H](NC(=O)CCC(C)(C)C)C(C)C)cc1. The summed E-state index contributed by atoms with van der Waals surface area (Å²) in [5, 5.41) is 10.8.